The molecular weight excluding hydrogens is 390 g/mol. The summed E-state index contributed by atoms with van der Waals surface area (Å²) in [5, 5.41) is 12.8. The predicted molar refractivity (Wildman–Crippen MR) is 113 cm³/mol. The lowest BCUT2D eigenvalue weighted by Crippen LogP contribution is -2.40. The molecule has 1 aliphatic rings. The van der Waals surface area contributed by atoms with E-state index >= 15 is 0 Å². The zero-order valence-electron chi connectivity index (χ0n) is 18.0. The number of amides is 3. The first-order chi connectivity index (χ1) is 14.4. The van der Waals surface area contributed by atoms with Crippen molar-refractivity contribution in [1.82, 2.24) is 9.80 Å². The molecule has 30 heavy (non-hydrogen) atoms. The molecule has 0 bridgehead atoms. The van der Waals surface area contributed by atoms with Crippen molar-refractivity contribution < 1.29 is 28.9 Å². The third-order valence-electron chi connectivity index (χ3n) is 4.48. The highest BCUT2D eigenvalue weighted by molar-refractivity contribution is 5.97. The van der Waals surface area contributed by atoms with Crippen LogP contribution in [0.25, 0.3) is 0 Å². The Labute approximate surface area is 177 Å². The number of carbonyl (C=O) groups excluding carboxylic acids is 2. The van der Waals surface area contributed by atoms with Gasteiger partial charge in [-0.05, 0) is 32.0 Å². The van der Waals surface area contributed by atoms with E-state index in [1.54, 1.807) is 36.2 Å². The number of anilines is 1. The standard InChI is InChI=1S/C21H33N3O6/c1-16(2)30-12-11-29-15-19(25)14-23(3)21(27)22-18-6-4-5-17(13-18)20(26)24-7-9-28-10-8-24/h4-6,13,16,19,25H,7-12,14-15H2,1-3H3,(H,22,27). The van der Waals surface area contributed by atoms with Crippen molar-refractivity contribution in [3.63, 3.8) is 0 Å². The van der Waals surface area contributed by atoms with Crippen LogP contribution in [0.2, 0.25) is 0 Å². The molecule has 0 aromatic heterocycles. The van der Waals surface area contributed by atoms with Crippen molar-refractivity contribution in [3.05, 3.63) is 29.8 Å². The number of ether oxygens (including phenoxy) is 3. The van der Waals surface area contributed by atoms with Crippen LogP contribution in [-0.4, -0.2) is 98.8 Å². The molecule has 1 heterocycles. The van der Waals surface area contributed by atoms with Crippen molar-refractivity contribution >= 4 is 17.6 Å². The van der Waals surface area contributed by atoms with Crippen LogP contribution in [0.3, 0.4) is 0 Å². The normalized spacial score (nSPS) is 15.2. The van der Waals surface area contributed by atoms with Crippen LogP contribution in [0, 0.1) is 0 Å². The van der Waals surface area contributed by atoms with Crippen molar-refractivity contribution in [2.45, 2.75) is 26.1 Å². The van der Waals surface area contributed by atoms with Gasteiger partial charge < -0.3 is 34.4 Å². The Kier molecular flexibility index (Phi) is 10.0. The Morgan fingerprint density at radius 2 is 2.00 bits per heavy atom. The van der Waals surface area contributed by atoms with Crippen molar-refractivity contribution in [2.75, 3.05) is 65.0 Å². The van der Waals surface area contributed by atoms with Gasteiger partial charge >= 0.3 is 6.03 Å². The van der Waals surface area contributed by atoms with Crippen molar-refractivity contribution in [3.8, 4) is 0 Å². The number of rotatable bonds is 10. The molecule has 1 fully saturated rings. The maximum atomic E-state index is 12.6. The maximum absolute atomic E-state index is 12.6. The predicted octanol–water partition coefficient (Wildman–Crippen LogP) is 1.43. The molecule has 1 aromatic rings. The minimum Gasteiger partial charge on any atom is -0.389 e. The highest BCUT2D eigenvalue weighted by atomic mass is 16.5. The number of hydrogen-bond acceptors (Lipinski definition) is 6. The fourth-order valence-corrected chi connectivity index (χ4v) is 2.91. The van der Waals surface area contributed by atoms with Crippen LogP contribution >= 0.6 is 0 Å². The summed E-state index contributed by atoms with van der Waals surface area (Å²) in [6.45, 7) is 7.13. The lowest BCUT2D eigenvalue weighted by atomic mass is 10.1. The molecule has 0 spiro atoms. The van der Waals surface area contributed by atoms with Gasteiger partial charge in [0.1, 0.15) is 0 Å². The Bertz CT molecular complexity index is 678. The van der Waals surface area contributed by atoms with E-state index in [4.69, 9.17) is 14.2 Å². The van der Waals surface area contributed by atoms with Crippen LogP contribution in [0.4, 0.5) is 10.5 Å². The molecule has 1 aliphatic heterocycles. The molecular formula is C21H33N3O6. The van der Waals surface area contributed by atoms with E-state index in [1.165, 1.54) is 4.90 Å². The summed E-state index contributed by atoms with van der Waals surface area (Å²) in [6, 6.07) is 6.44. The van der Waals surface area contributed by atoms with Gasteiger partial charge in [0.25, 0.3) is 5.91 Å². The number of nitrogens with one attached hydrogen (secondary N) is 1. The number of nitrogens with zero attached hydrogens (tertiary/aromatic N) is 2. The highest BCUT2D eigenvalue weighted by Gasteiger charge is 2.19. The molecule has 1 saturated heterocycles. The van der Waals surface area contributed by atoms with Crippen LogP contribution in [0.5, 0.6) is 0 Å². The summed E-state index contributed by atoms with van der Waals surface area (Å²) in [7, 11) is 1.59. The van der Waals surface area contributed by atoms with E-state index < -0.39 is 6.10 Å². The fraction of sp³-hybridized carbons (Fsp3) is 0.619. The summed E-state index contributed by atoms with van der Waals surface area (Å²) in [6.07, 6.45) is -0.676. The lowest BCUT2D eigenvalue weighted by molar-refractivity contribution is -0.0144. The van der Waals surface area contributed by atoms with Gasteiger partial charge in [0.05, 0.1) is 51.8 Å². The number of benzene rings is 1. The number of aliphatic hydroxyl groups excluding tert-OH is 1. The first-order valence-corrected chi connectivity index (χ1v) is 10.2. The molecule has 1 aromatic carbocycles. The Morgan fingerprint density at radius 3 is 2.70 bits per heavy atom. The minimum absolute atomic E-state index is 0.0863. The van der Waals surface area contributed by atoms with Gasteiger partial charge in [-0.3, -0.25) is 4.79 Å². The van der Waals surface area contributed by atoms with Gasteiger partial charge in [-0.2, -0.15) is 0 Å². The molecule has 9 nitrogen and oxygen atoms in total. The molecule has 0 aliphatic carbocycles. The smallest absolute Gasteiger partial charge is 0.321 e. The minimum atomic E-state index is -0.811. The van der Waals surface area contributed by atoms with E-state index in [0.29, 0.717) is 50.8 Å². The Morgan fingerprint density at radius 1 is 1.27 bits per heavy atom. The molecule has 2 N–H and O–H groups in total. The van der Waals surface area contributed by atoms with Gasteiger partial charge in [-0.25, -0.2) is 4.79 Å². The summed E-state index contributed by atoms with van der Waals surface area (Å²) < 4.78 is 16.0. The number of carbonyl (C=O) groups is 2. The number of aliphatic hydroxyl groups is 1. The molecule has 0 saturated carbocycles. The van der Waals surface area contributed by atoms with Crippen molar-refractivity contribution in [2.24, 2.45) is 0 Å². The van der Waals surface area contributed by atoms with E-state index in [2.05, 4.69) is 5.32 Å². The third-order valence-corrected chi connectivity index (χ3v) is 4.48. The number of urea groups is 1. The van der Waals surface area contributed by atoms with E-state index in [1.807, 2.05) is 13.8 Å². The molecule has 1 atom stereocenters. The SMILES string of the molecule is CC(C)OCCOCC(O)CN(C)C(=O)Nc1cccc(C(=O)N2CCOCC2)c1. The number of likely N-dealkylation sites (N-methyl/N-ethyl adjacent to an activating group) is 1. The van der Waals surface area contributed by atoms with Crippen LogP contribution in [0.15, 0.2) is 24.3 Å². The first-order valence-electron chi connectivity index (χ1n) is 10.2. The second-order valence-electron chi connectivity index (χ2n) is 7.44. The molecule has 2 rings (SSSR count). The number of hydrogen-bond donors (Lipinski definition) is 2. The second-order valence-corrected chi connectivity index (χ2v) is 7.44. The van der Waals surface area contributed by atoms with Crippen LogP contribution in [-0.2, 0) is 14.2 Å². The van der Waals surface area contributed by atoms with Crippen LogP contribution in [0.1, 0.15) is 24.2 Å². The molecule has 9 heteroatoms. The van der Waals surface area contributed by atoms with E-state index in [9.17, 15) is 14.7 Å². The van der Waals surface area contributed by atoms with E-state index in [0.717, 1.165) is 0 Å². The summed E-state index contributed by atoms with van der Waals surface area (Å²) in [4.78, 5) is 28.1. The number of morpholine rings is 1. The molecule has 3 amide bonds. The molecule has 1 unspecified atom stereocenters. The van der Waals surface area contributed by atoms with Gasteiger partial charge in [-0.1, -0.05) is 6.07 Å². The van der Waals surface area contributed by atoms with Gasteiger partial charge in [0.2, 0.25) is 0 Å². The third kappa shape index (κ3) is 8.27. The fourth-order valence-electron chi connectivity index (χ4n) is 2.91. The lowest BCUT2D eigenvalue weighted by Gasteiger charge is -2.27. The molecule has 168 valence electrons. The second kappa shape index (κ2) is 12.5. The Balaban J connectivity index is 1.78. The average molecular weight is 424 g/mol. The maximum Gasteiger partial charge on any atom is 0.321 e. The van der Waals surface area contributed by atoms with E-state index in [-0.39, 0.29) is 31.2 Å². The largest absolute Gasteiger partial charge is 0.389 e. The topological polar surface area (TPSA) is 101 Å². The molecule has 0 radical (unpaired) electrons. The van der Waals surface area contributed by atoms with Crippen LogP contribution < -0.4 is 5.32 Å². The quantitative estimate of drug-likeness (QED) is 0.552. The monoisotopic (exact) mass is 423 g/mol. The van der Waals surface area contributed by atoms with Gasteiger partial charge in [0, 0.05) is 31.4 Å². The van der Waals surface area contributed by atoms with Crippen molar-refractivity contribution in [1.29, 1.82) is 0 Å². The Hall–Kier alpha value is -2.20. The highest BCUT2D eigenvalue weighted by Crippen LogP contribution is 2.14. The van der Waals surface area contributed by atoms with Gasteiger partial charge in [-0.15, -0.1) is 0 Å². The summed E-state index contributed by atoms with van der Waals surface area (Å²) >= 11 is 0. The zero-order valence-corrected chi connectivity index (χ0v) is 18.0. The average Bonchev–Trinajstić information content (AvgIpc) is 2.73. The summed E-state index contributed by atoms with van der Waals surface area (Å²) in [5.41, 5.74) is 1.02. The zero-order chi connectivity index (χ0) is 21.9. The first kappa shape index (κ1) is 24.1. The van der Waals surface area contributed by atoms with Gasteiger partial charge in [0.15, 0.2) is 0 Å². The summed E-state index contributed by atoms with van der Waals surface area (Å²) in [5.74, 6) is -0.0863.